The molecule has 4 rings (SSSR count). The predicted octanol–water partition coefficient (Wildman–Crippen LogP) is 5.17. The van der Waals surface area contributed by atoms with Gasteiger partial charge in [0.25, 0.3) is 0 Å². The van der Waals surface area contributed by atoms with Crippen LogP contribution in [0, 0.1) is 0 Å². The predicted molar refractivity (Wildman–Crippen MR) is 134 cm³/mol. The van der Waals surface area contributed by atoms with Crippen LogP contribution in [0.15, 0.2) is 60.2 Å². The second-order valence-electron chi connectivity index (χ2n) is 8.40. The van der Waals surface area contributed by atoms with Gasteiger partial charge in [-0.25, -0.2) is 0 Å². The van der Waals surface area contributed by atoms with E-state index in [2.05, 4.69) is 39.6 Å². The number of nitrogens with zero attached hydrogens (tertiary/aromatic N) is 2. The fraction of sp³-hybridized carbons (Fsp3) is 0.360. The Labute approximate surface area is 198 Å². The zero-order chi connectivity index (χ0) is 22.3. The molecule has 2 N–H and O–H groups in total. The first kappa shape index (κ1) is 22.8. The van der Waals surface area contributed by atoms with Crippen LogP contribution in [0.2, 0.25) is 5.02 Å². The largest absolute Gasteiger partial charge is 0.371 e. The molecule has 0 radical (unpaired) electrons. The minimum Gasteiger partial charge on any atom is -0.371 e. The van der Waals surface area contributed by atoms with Crippen LogP contribution in [-0.4, -0.2) is 36.1 Å². The number of hydrogen-bond donors (Lipinski definition) is 2. The molecule has 168 valence electrons. The highest BCUT2D eigenvalue weighted by Crippen LogP contribution is 2.23. The Bertz CT molecular complexity index is 1000. The van der Waals surface area contributed by atoms with Crippen molar-refractivity contribution in [1.82, 2.24) is 10.3 Å². The summed E-state index contributed by atoms with van der Waals surface area (Å²) in [5.41, 5.74) is 4.82. The molecule has 32 heavy (non-hydrogen) atoms. The van der Waals surface area contributed by atoms with Crippen LogP contribution in [0.1, 0.15) is 30.2 Å². The molecule has 0 spiro atoms. The molecule has 0 aliphatic carbocycles. The molecule has 0 saturated carbocycles. The quantitative estimate of drug-likeness (QED) is 0.479. The number of aromatic nitrogens is 1. The van der Waals surface area contributed by atoms with E-state index in [0.29, 0.717) is 23.5 Å². The van der Waals surface area contributed by atoms with E-state index >= 15 is 0 Å². The van der Waals surface area contributed by atoms with Gasteiger partial charge in [0.05, 0.1) is 11.9 Å². The van der Waals surface area contributed by atoms with Gasteiger partial charge in [0.15, 0.2) is 0 Å². The van der Waals surface area contributed by atoms with Crippen LogP contribution in [0.3, 0.4) is 0 Å². The van der Waals surface area contributed by atoms with E-state index < -0.39 is 0 Å². The molecule has 1 amide bonds. The van der Waals surface area contributed by atoms with E-state index in [1.54, 1.807) is 11.3 Å². The van der Waals surface area contributed by atoms with Gasteiger partial charge < -0.3 is 15.5 Å². The van der Waals surface area contributed by atoms with Crippen LogP contribution in [0.25, 0.3) is 0 Å². The van der Waals surface area contributed by atoms with Crippen molar-refractivity contribution in [1.29, 1.82) is 0 Å². The molecule has 3 aromatic rings. The third-order valence-electron chi connectivity index (χ3n) is 5.78. The molecular formula is C25H29ClN4OS. The second-order valence-corrected chi connectivity index (χ2v) is 9.81. The van der Waals surface area contributed by atoms with Crippen molar-refractivity contribution in [2.75, 3.05) is 23.3 Å². The summed E-state index contributed by atoms with van der Waals surface area (Å²) in [6.07, 6.45) is 5.57. The van der Waals surface area contributed by atoms with Crippen LogP contribution in [0.5, 0.6) is 0 Å². The molecule has 0 unspecified atom stereocenters. The lowest BCUT2D eigenvalue weighted by Gasteiger charge is -2.35. The van der Waals surface area contributed by atoms with Gasteiger partial charge in [-0.05, 0) is 68.1 Å². The van der Waals surface area contributed by atoms with Crippen LogP contribution < -0.4 is 15.5 Å². The Kier molecular flexibility index (Phi) is 7.79. The zero-order valence-corrected chi connectivity index (χ0v) is 19.8. The summed E-state index contributed by atoms with van der Waals surface area (Å²) in [6, 6.07) is 16.6. The zero-order valence-electron chi connectivity index (χ0n) is 18.3. The Morgan fingerprint density at radius 1 is 1.22 bits per heavy atom. The van der Waals surface area contributed by atoms with Crippen molar-refractivity contribution in [3.05, 3.63) is 75.7 Å². The minimum absolute atomic E-state index is 0.0423. The van der Waals surface area contributed by atoms with Crippen LogP contribution >= 0.6 is 22.9 Å². The number of anilines is 2. The summed E-state index contributed by atoms with van der Waals surface area (Å²) in [5.74, 6) is -0.0423. The Balaban J connectivity index is 1.22. The molecule has 2 heterocycles. The number of halogens is 1. The molecular weight excluding hydrogens is 440 g/mol. The number of carbonyl (C=O) groups is 1. The highest BCUT2D eigenvalue weighted by atomic mass is 35.5. The Hall–Kier alpha value is -2.41. The normalized spacial score (nSPS) is 15.5. The third kappa shape index (κ3) is 6.55. The van der Waals surface area contributed by atoms with Gasteiger partial charge in [0.2, 0.25) is 5.91 Å². The number of hydrogen-bond acceptors (Lipinski definition) is 5. The van der Waals surface area contributed by atoms with E-state index in [9.17, 15) is 4.79 Å². The van der Waals surface area contributed by atoms with Gasteiger partial charge >= 0.3 is 0 Å². The average Bonchev–Trinajstić information content (AvgIpc) is 3.28. The van der Waals surface area contributed by atoms with Crippen LogP contribution in [0.4, 0.5) is 11.4 Å². The van der Waals surface area contributed by atoms with E-state index in [1.807, 2.05) is 48.1 Å². The van der Waals surface area contributed by atoms with Crippen molar-refractivity contribution in [3.63, 3.8) is 0 Å². The maximum atomic E-state index is 12.3. The van der Waals surface area contributed by atoms with E-state index in [0.717, 1.165) is 43.6 Å². The first-order valence-electron chi connectivity index (χ1n) is 11.1. The van der Waals surface area contributed by atoms with Gasteiger partial charge in [-0.3, -0.25) is 9.78 Å². The lowest BCUT2D eigenvalue weighted by Crippen LogP contribution is -2.46. The van der Waals surface area contributed by atoms with Crippen molar-refractivity contribution in [3.8, 4) is 0 Å². The standard InChI is InChI=1S/C25H29ClN4OS/c1-18(13-24-16-27-17-32-24)28-22-9-11-30(12-10-22)23-7-5-21(6-8-23)29-25(31)15-19-3-2-4-20(26)14-19/h2-8,14,16-18,22,28H,9-13,15H2,1H3,(H,29,31)/t18-/m0/s1. The average molecular weight is 469 g/mol. The first-order chi connectivity index (χ1) is 15.5. The topological polar surface area (TPSA) is 57.3 Å². The molecule has 1 aliphatic rings. The summed E-state index contributed by atoms with van der Waals surface area (Å²) in [5, 5.41) is 7.40. The van der Waals surface area contributed by atoms with Crippen LogP contribution in [-0.2, 0) is 17.6 Å². The molecule has 1 aromatic heterocycles. The summed E-state index contributed by atoms with van der Waals surface area (Å²) in [7, 11) is 0. The number of amides is 1. The smallest absolute Gasteiger partial charge is 0.228 e. The lowest BCUT2D eigenvalue weighted by molar-refractivity contribution is -0.115. The highest BCUT2D eigenvalue weighted by Gasteiger charge is 2.21. The van der Waals surface area contributed by atoms with Gasteiger partial charge in [-0.1, -0.05) is 23.7 Å². The molecule has 2 aromatic carbocycles. The van der Waals surface area contributed by atoms with E-state index in [1.165, 1.54) is 10.6 Å². The lowest BCUT2D eigenvalue weighted by atomic mass is 10.0. The molecule has 1 aliphatic heterocycles. The fourth-order valence-corrected chi connectivity index (χ4v) is 5.14. The van der Waals surface area contributed by atoms with Gasteiger partial charge in [0.1, 0.15) is 0 Å². The van der Waals surface area contributed by atoms with E-state index in [-0.39, 0.29) is 5.91 Å². The van der Waals surface area contributed by atoms with Crippen molar-refractivity contribution in [2.45, 2.75) is 44.7 Å². The van der Waals surface area contributed by atoms with Gasteiger partial charge in [0, 0.05) is 52.6 Å². The molecule has 1 fully saturated rings. The molecule has 1 saturated heterocycles. The summed E-state index contributed by atoms with van der Waals surface area (Å²) in [6.45, 7) is 4.32. The Morgan fingerprint density at radius 3 is 2.69 bits per heavy atom. The fourth-order valence-electron chi connectivity index (χ4n) is 4.20. The number of rotatable bonds is 8. The number of carbonyl (C=O) groups excluding carboxylic acids is 1. The second kappa shape index (κ2) is 10.9. The third-order valence-corrected chi connectivity index (χ3v) is 6.81. The monoisotopic (exact) mass is 468 g/mol. The van der Waals surface area contributed by atoms with Crippen molar-refractivity contribution in [2.24, 2.45) is 0 Å². The van der Waals surface area contributed by atoms with Gasteiger partial charge in [-0.2, -0.15) is 0 Å². The molecule has 1 atom stereocenters. The molecule has 5 nitrogen and oxygen atoms in total. The SMILES string of the molecule is C[C@@H](Cc1cncs1)NC1CCN(c2ccc(NC(=O)Cc3cccc(Cl)c3)cc2)CC1. The van der Waals surface area contributed by atoms with Crippen molar-refractivity contribution < 1.29 is 4.79 Å². The summed E-state index contributed by atoms with van der Waals surface area (Å²) in [4.78, 5) is 20.3. The number of piperidine rings is 1. The number of thiazole rings is 1. The number of nitrogens with one attached hydrogen (secondary N) is 2. The highest BCUT2D eigenvalue weighted by molar-refractivity contribution is 7.09. The number of benzene rings is 2. The molecule has 0 bridgehead atoms. The first-order valence-corrected chi connectivity index (χ1v) is 12.3. The maximum absolute atomic E-state index is 12.3. The summed E-state index contributed by atoms with van der Waals surface area (Å²) >= 11 is 7.73. The van der Waals surface area contributed by atoms with Gasteiger partial charge in [-0.15, -0.1) is 11.3 Å². The molecule has 7 heteroatoms. The summed E-state index contributed by atoms with van der Waals surface area (Å²) < 4.78 is 0. The van der Waals surface area contributed by atoms with E-state index in [4.69, 9.17) is 11.6 Å². The van der Waals surface area contributed by atoms with Crippen molar-refractivity contribution >= 4 is 40.2 Å². The maximum Gasteiger partial charge on any atom is 0.228 e. The Morgan fingerprint density at radius 2 is 2.00 bits per heavy atom. The minimum atomic E-state index is -0.0423.